The lowest BCUT2D eigenvalue weighted by Crippen LogP contribution is -2.28. The molecule has 1 aromatic rings. The van der Waals surface area contributed by atoms with Crippen LogP contribution in [0, 0.1) is 5.41 Å². The molecule has 0 aliphatic rings. The molecule has 0 unspecified atom stereocenters. The van der Waals surface area contributed by atoms with Gasteiger partial charge in [0.25, 0.3) is 0 Å². The molecule has 1 rings (SSSR count). The minimum Gasteiger partial charge on any atom is -0.444 e. The molecular weight excluding hydrogens is 288 g/mol. The Labute approximate surface area is 129 Å². The summed E-state index contributed by atoms with van der Waals surface area (Å²) >= 11 is 1.40. The number of amides is 1. The van der Waals surface area contributed by atoms with Crippen LogP contribution in [0.2, 0.25) is 0 Å². The number of nitrogens with zero attached hydrogens (tertiary/aromatic N) is 1. The van der Waals surface area contributed by atoms with Crippen LogP contribution in [0.5, 0.6) is 0 Å². The molecule has 0 fully saturated rings. The zero-order chi connectivity index (χ0) is 16.2. The summed E-state index contributed by atoms with van der Waals surface area (Å²) in [6.07, 6.45) is 1.30. The molecule has 0 saturated heterocycles. The van der Waals surface area contributed by atoms with Crippen molar-refractivity contribution in [2.45, 2.75) is 26.4 Å². The van der Waals surface area contributed by atoms with Crippen molar-refractivity contribution < 1.29 is 9.53 Å². The van der Waals surface area contributed by atoms with Crippen molar-refractivity contribution in [3.63, 3.8) is 0 Å². The zero-order valence-corrected chi connectivity index (χ0v) is 13.8. The van der Waals surface area contributed by atoms with E-state index in [1.807, 2.05) is 6.26 Å². The van der Waals surface area contributed by atoms with E-state index in [1.54, 1.807) is 50.3 Å². The molecule has 0 aliphatic heterocycles. The van der Waals surface area contributed by atoms with Crippen LogP contribution in [-0.4, -0.2) is 35.1 Å². The normalized spacial score (nSPS) is 10.9. The number of nitrogens with one attached hydrogen (secondary N) is 2. The minimum absolute atomic E-state index is 0.251. The fraction of sp³-hybridized carbons (Fsp3) is 0.429. The van der Waals surface area contributed by atoms with Crippen molar-refractivity contribution in [2.75, 3.05) is 24.4 Å². The Morgan fingerprint density at radius 1 is 1.43 bits per heavy atom. The molecule has 0 aliphatic carbocycles. The number of carbonyl (C=O) groups is 1. The third kappa shape index (κ3) is 5.18. The Balaban J connectivity index is 3.02. The maximum absolute atomic E-state index is 11.9. The SMILES string of the molecule is CSN(C)C(=N)c1cc(N)ccc1NC(=O)OC(C)(C)C. The Morgan fingerprint density at radius 3 is 2.57 bits per heavy atom. The van der Waals surface area contributed by atoms with Gasteiger partial charge >= 0.3 is 6.09 Å². The lowest BCUT2D eigenvalue weighted by atomic mass is 10.1. The summed E-state index contributed by atoms with van der Waals surface area (Å²) in [5.41, 5.74) is 6.75. The van der Waals surface area contributed by atoms with Crippen LogP contribution in [-0.2, 0) is 4.74 Å². The summed E-state index contributed by atoms with van der Waals surface area (Å²) in [7, 11) is 1.77. The van der Waals surface area contributed by atoms with Crippen LogP contribution in [0.15, 0.2) is 18.2 Å². The zero-order valence-electron chi connectivity index (χ0n) is 13.0. The standard InChI is InChI=1S/C14H22N4O2S/c1-14(2,3)20-13(19)17-11-7-6-9(15)8-10(11)12(16)18(4)21-5/h6-8,16H,15H2,1-5H3,(H,17,19). The number of rotatable bonds is 3. The van der Waals surface area contributed by atoms with Gasteiger partial charge in [-0.05, 0) is 39.0 Å². The van der Waals surface area contributed by atoms with Crippen molar-refractivity contribution >= 4 is 35.3 Å². The highest BCUT2D eigenvalue weighted by Crippen LogP contribution is 2.23. The number of ether oxygens (including phenoxy) is 1. The molecule has 0 spiro atoms. The van der Waals surface area contributed by atoms with E-state index in [1.165, 1.54) is 11.9 Å². The first-order chi connectivity index (χ1) is 9.64. The predicted octanol–water partition coefficient (Wildman–Crippen LogP) is 3.15. The Morgan fingerprint density at radius 2 is 2.05 bits per heavy atom. The van der Waals surface area contributed by atoms with Gasteiger partial charge in [0.05, 0.1) is 5.69 Å². The summed E-state index contributed by atoms with van der Waals surface area (Å²) in [6, 6.07) is 4.99. The third-order valence-electron chi connectivity index (χ3n) is 2.52. The van der Waals surface area contributed by atoms with Crippen LogP contribution in [0.1, 0.15) is 26.3 Å². The predicted molar refractivity (Wildman–Crippen MR) is 88.8 cm³/mol. The largest absolute Gasteiger partial charge is 0.444 e. The minimum atomic E-state index is -0.582. The number of amidine groups is 1. The highest BCUT2D eigenvalue weighted by molar-refractivity contribution is 7.96. The molecule has 0 heterocycles. The number of nitrogens with two attached hydrogens (primary N) is 1. The Bertz CT molecular complexity index is 540. The van der Waals surface area contributed by atoms with Crippen LogP contribution in [0.4, 0.5) is 16.2 Å². The van der Waals surface area contributed by atoms with E-state index in [-0.39, 0.29) is 5.84 Å². The first kappa shape index (κ1) is 17.2. The van der Waals surface area contributed by atoms with E-state index in [4.69, 9.17) is 15.9 Å². The first-order valence-corrected chi connectivity index (χ1v) is 7.58. The molecule has 0 radical (unpaired) electrons. The Kier molecular flexibility index (Phi) is 5.48. The maximum atomic E-state index is 11.9. The van der Waals surface area contributed by atoms with Gasteiger partial charge in [0, 0.05) is 24.6 Å². The van der Waals surface area contributed by atoms with Gasteiger partial charge in [-0.15, -0.1) is 0 Å². The van der Waals surface area contributed by atoms with Crippen LogP contribution in [0.25, 0.3) is 0 Å². The molecule has 1 aromatic carbocycles. The van der Waals surface area contributed by atoms with Gasteiger partial charge in [-0.3, -0.25) is 10.7 Å². The lowest BCUT2D eigenvalue weighted by Gasteiger charge is -2.22. The van der Waals surface area contributed by atoms with Crippen molar-refractivity contribution in [1.29, 1.82) is 5.41 Å². The first-order valence-electron chi connectivity index (χ1n) is 6.40. The van der Waals surface area contributed by atoms with Gasteiger partial charge < -0.3 is 14.8 Å². The molecule has 1 amide bonds. The van der Waals surface area contributed by atoms with E-state index in [2.05, 4.69) is 5.32 Å². The molecule has 0 saturated carbocycles. The van der Waals surface area contributed by atoms with Crippen LogP contribution in [0.3, 0.4) is 0 Å². The molecule has 0 bridgehead atoms. The highest BCUT2D eigenvalue weighted by Gasteiger charge is 2.19. The van der Waals surface area contributed by atoms with Crippen LogP contribution >= 0.6 is 11.9 Å². The number of anilines is 2. The second kappa shape index (κ2) is 6.71. The topological polar surface area (TPSA) is 91.4 Å². The second-order valence-electron chi connectivity index (χ2n) is 5.46. The van der Waals surface area contributed by atoms with Crippen molar-refractivity contribution in [2.24, 2.45) is 0 Å². The summed E-state index contributed by atoms with van der Waals surface area (Å²) in [5.74, 6) is 0.251. The van der Waals surface area contributed by atoms with Gasteiger partial charge in [0.1, 0.15) is 11.4 Å². The van der Waals surface area contributed by atoms with Crippen molar-refractivity contribution in [3.8, 4) is 0 Å². The van der Waals surface area contributed by atoms with E-state index < -0.39 is 11.7 Å². The lowest BCUT2D eigenvalue weighted by molar-refractivity contribution is 0.0636. The van der Waals surface area contributed by atoms with E-state index in [0.717, 1.165) is 0 Å². The fourth-order valence-corrected chi connectivity index (χ4v) is 1.82. The van der Waals surface area contributed by atoms with E-state index >= 15 is 0 Å². The second-order valence-corrected chi connectivity index (χ2v) is 6.37. The Hall–Kier alpha value is -1.89. The van der Waals surface area contributed by atoms with E-state index in [0.29, 0.717) is 16.9 Å². The number of hydrogen-bond donors (Lipinski definition) is 3. The number of benzene rings is 1. The molecular formula is C14H22N4O2S. The average Bonchev–Trinajstić information content (AvgIpc) is 2.36. The average molecular weight is 310 g/mol. The van der Waals surface area contributed by atoms with E-state index in [9.17, 15) is 4.79 Å². The summed E-state index contributed by atoms with van der Waals surface area (Å²) in [5, 5.41) is 10.8. The molecule has 6 nitrogen and oxygen atoms in total. The molecule has 4 N–H and O–H groups in total. The maximum Gasteiger partial charge on any atom is 0.412 e. The van der Waals surface area contributed by atoms with Crippen molar-refractivity contribution in [3.05, 3.63) is 23.8 Å². The molecule has 0 atom stereocenters. The number of nitrogen functional groups attached to an aromatic ring is 1. The van der Waals surface area contributed by atoms with Gasteiger partial charge in [-0.1, -0.05) is 11.9 Å². The van der Waals surface area contributed by atoms with Crippen LogP contribution < -0.4 is 11.1 Å². The smallest absolute Gasteiger partial charge is 0.412 e. The third-order valence-corrected chi connectivity index (χ3v) is 3.25. The van der Waals surface area contributed by atoms with Gasteiger partial charge in [-0.2, -0.15) is 0 Å². The number of carbonyl (C=O) groups excluding carboxylic acids is 1. The van der Waals surface area contributed by atoms with Crippen molar-refractivity contribution in [1.82, 2.24) is 4.31 Å². The number of hydrogen-bond acceptors (Lipinski definition) is 5. The quantitative estimate of drug-likeness (QED) is 0.345. The molecule has 116 valence electrons. The summed E-state index contributed by atoms with van der Waals surface area (Å²) < 4.78 is 6.90. The molecule has 7 heteroatoms. The van der Waals surface area contributed by atoms with Gasteiger partial charge in [0.15, 0.2) is 0 Å². The van der Waals surface area contributed by atoms with Gasteiger partial charge in [0.2, 0.25) is 0 Å². The molecule has 0 aromatic heterocycles. The van der Waals surface area contributed by atoms with Gasteiger partial charge in [-0.25, -0.2) is 4.79 Å². The summed E-state index contributed by atoms with van der Waals surface area (Å²) in [4.78, 5) is 11.9. The highest BCUT2D eigenvalue weighted by atomic mass is 32.2. The summed E-state index contributed by atoms with van der Waals surface area (Å²) in [6.45, 7) is 5.38. The fourth-order valence-electron chi connectivity index (χ4n) is 1.54. The molecule has 21 heavy (non-hydrogen) atoms. The monoisotopic (exact) mass is 310 g/mol.